The Kier molecular flexibility index (Phi) is 7.56. The van der Waals surface area contributed by atoms with Crippen LogP contribution >= 0.6 is 0 Å². The first-order valence-corrected chi connectivity index (χ1v) is 7.69. The summed E-state index contributed by atoms with van der Waals surface area (Å²) in [6.45, 7) is 11.2. The number of aliphatic carboxylic acids is 1. The molecule has 2 atom stereocenters. The van der Waals surface area contributed by atoms with E-state index < -0.39 is 17.9 Å². The van der Waals surface area contributed by atoms with E-state index in [4.69, 9.17) is 0 Å². The largest absolute Gasteiger partial charge is 0.480 e. The Morgan fingerprint density at radius 1 is 1.18 bits per heavy atom. The molecule has 0 fully saturated rings. The molecule has 0 aliphatic rings. The van der Waals surface area contributed by atoms with Gasteiger partial charge in [-0.15, -0.1) is 0 Å². The van der Waals surface area contributed by atoms with Gasteiger partial charge in [0.15, 0.2) is 0 Å². The van der Waals surface area contributed by atoms with Gasteiger partial charge in [-0.3, -0.25) is 9.59 Å². The number of amides is 2. The highest BCUT2D eigenvalue weighted by Crippen LogP contribution is 2.28. The molecule has 0 aliphatic heterocycles. The summed E-state index contributed by atoms with van der Waals surface area (Å²) in [7, 11) is 1.45. The number of nitrogens with zero attached hydrogens (tertiary/aromatic N) is 1. The zero-order chi connectivity index (χ0) is 17.7. The Balaban J connectivity index is 4.74. The lowest BCUT2D eigenvalue weighted by Gasteiger charge is -2.30. The van der Waals surface area contributed by atoms with E-state index in [0.717, 1.165) is 0 Å². The number of likely N-dealkylation sites (N-methyl/N-ethyl adjacent to an activating group) is 1. The van der Waals surface area contributed by atoms with Crippen molar-refractivity contribution in [2.24, 2.45) is 17.3 Å². The molecule has 6 nitrogen and oxygen atoms in total. The number of hydrogen-bond acceptors (Lipinski definition) is 3. The summed E-state index contributed by atoms with van der Waals surface area (Å²) in [5.41, 5.74) is -0.185. The SMILES string of the molecule is CC[C@H](C(=O)NCC(=O)N(C)[C@H](C(=O)O)C(C)C)C(C)(C)C. The summed E-state index contributed by atoms with van der Waals surface area (Å²) in [5.74, 6) is -2.02. The number of rotatable bonds is 7. The lowest BCUT2D eigenvalue weighted by molar-refractivity contribution is -0.150. The first-order chi connectivity index (χ1) is 9.93. The van der Waals surface area contributed by atoms with Crippen LogP contribution in [0.3, 0.4) is 0 Å². The molecule has 2 N–H and O–H groups in total. The Morgan fingerprint density at radius 2 is 1.68 bits per heavy atom. The van der Waals surface area contributed by atoms with Gasteiger partial charge in [0.1, 0.15) is 6.04 Å². The van der Waals surface area contributed by atoms with Crippen molar-refractivity contribution in [1.29, 1.82) is 0 Å². The lowest BCUT2D eigenvalue weighted by Crippen LogP contribution is -2.50. The van der Waals surface area contributed by atoms with E-state index in [1.54, 1.807) is 13.8 Å². The van der Waals surface area contributed by atoms with Crippen LogP contribution in [0.25, 0.3) is 0 Å². The van der Waals surface area contributed by atoms with Crippen LogP contribution < -0.4 is 5.32 Å². The molecular weight excluding hydrogens is 284 g/mol. The van der Waals surface area contributed by atoms with Crippen molar-refractivity contribution in [2.75, 3.05) is 13.6 Å². The van der Waals surface area contributed by atoms with Crippen LogP contribution in [-0.4, -0.2) is 47.4 Å². The number of carbonyl (C=O) groups excluding carboxylic acids is 2. The summed E-state index contributed by atoms with van der Waals surface area (Å²) in [6, 6.07) is -0.894. The average molecular weight is 314 g/mol. The molecule has 128 valence electrons. The number of carboxylic acid groups (broad SMARTS) is 1. The van der Waals surface area contributed by atoms with Crippen molar-refractivity contribution in [3.05, 3.63) is 0 Å². The van der Waals surface area contributed by atoms with Crippen LogP contribution in [0, 0.1) is 17.3 Å². The minimum absolute atomic E-state index is 0.173. The topological polar surface area (TPSA) is 86.7 Å². The summed E-state index contributed by atoms with van der Waals surface area (Å²) in [5, 5.41) is 11.8. The van der Waals surface area contributed by atoms with Crippen LogP contribution in [-0.2, 0) is 14.4 Å². The Hall–Kier alpha value is -1.59. The van der Waals surface area contributed by atoms with Crippen LogP contribution in [0.2, 0.25) is 0 Å². The molecule has 0 heterocycles. The van der Waals surface area contributed by atoms with Crippen molar-refractivity contribution in [1.82, 2.24) is 10.2 Å². The highest BCUT2D eigenvalue weighted by atomic mass is 16.4. The van der Waals surface area contributed by atoms with Gasteiger partial charge in [-0.2, -0.15) is 0 Å². The minimum atomic E-state index is -1.04. The van der Waals surface area contributed by atoms with Crippen LogP contribution in [0.1, 0.15) is 48.0 Å². The molecule has 0 aromatic rings. The van der Waals surface area contributed by atoms with E-state index >= 15 is 0 Å². The average Bonchev–Trinajstić information content (AvgIpc) is 2.33. The van der Waals surface area contributed by atoms with E-state index in [9.17, 15) is 19.5 Å². The van der Waals surface area contributed by atoms with Gasteiger partial charge in [0.25, 0.3) is 0 Å². The van der Waals surface area contributed by atoms with Crippen LogP contribution in [0.4, 0.5) is 0 Å². The Labute approximate surface area is 133 Å². The fourth-order valence-corrected chi connectivity index (χ4v) is 2.65. The van der Waals surface area contributed by atoms with Gasteiger partial charge in [0.05, 0.1) is 6.54 Å². The third kappa shape index (κ3) is 5.66. The lowest BCUT2D eigenvalue weighted by atomic mass is 9.78. The molecule has 22 heavy (non-hydrogen) atoms. The molecular formula is C16H30N2O4. The molecule has 0 bridgehead atoms. The van der Waals surface area contributed by atoms with Crippen molar-refractivity contribution in [3.8, 4) is 0 Å². The highest BCUT2D eigenvalue weighted by Gasteiger charge is 2.32. The Bertz CT molecular complexity index is 413. The molecule has 0 aromatic carbocycles. The number of carboxylic acids is 1. The second-order valence-electron chi connectivity index (χ2n) is 7.08. The quantitative estimate of drug-likeness (QED) is 0.749. The number of carbonyl (C=O) groups is 3. The van der Waals surface area contributed by atoms with Gasteiger partial charge in [0.2, 0.25) is 11.8 Å². The molecule has 0 radical (unpaired) electrons. The van der Waals surface area contributed by atoms with E-state index in [0.29, 0.717) is 6.42 Å². The van der Waals surface area contributed by atoms with Gasteiger partial charge >= 0.3 is 5.97 Å². The molecule has 0 rings (SSSR count). The molecule has 0 aromatic heterocycles. The van der Waals surface area contributed by atoms with E-state index in [-0.39, 0.29) is 29.7 Å². The number of nitrogens with one attached hydrogen (secondary N) is 1. The summed E-state index contributed by atoms with van der Waals surface area (Å²) in [4.78, 5) is 36.7. The van der Waals surface area contributed by atoms with Gasteiger partial charge in [-0.1, -0.05) is 41.5 Å². The normalized spacial score (nSPS) is 14.4. The van der Waals surface area contributed by atoms with Gasteiger partial charge in [0, 0.05) is 13.0 Å². The van der Waals surface area contributed by atoms with Crippen molar-refractivity contribution in [2.45, 2.75) is 54.0 Å². The second-order valence-corrected chi connectivity index (χ2v) is 7.08. The maximum absolute atomic E-state index is 12.2. The predicted octanol–water partition coefficient (Wildman–Crippen LogP) is 1.74. The molecule has 0 spiro atoms. The first kappa shape index (κ1) is 20.4. The molecule has 2 amide bonds. The molecule has 0 saturated carbocycles. The van der Waals surface area contributed by atoms with Crippen molar-refractivity contribution >= 4 is 17.8 Å². The highest BCUT2D eigenvalue weighted by molar-refractivity contribution is 5.88. The number of hydrogen-bond donors (Lipinski definition) is 2. The van der Waals surface area contributed by atoms with Gasteiger partial charge in [-0.05, 0) is 17.8 Å². The standard InChI is InChI=1S/C16H30N2O4/c1-8-11(16(4,5)6)14(20)17-9-12(19)18(7)13(10(2)3)15(21)22/h10-11,13H,8-9H2,1-7H3,(H,17,20)(H,21,22)/t11-,13+/m1/s1. The summed E-state index contributed by atoms with van der Waals surface area (Å²) < 4.78 is 0. The summed E-state index contributed by atoms with van der Waals surface area (Å²) >= 11 is 0. The second kappa shape index (κ2) is 8.15. The van der Waals surface area contributed by atoms with Crippen molar-refractivity contribution in [3.63, 3.8) is 0 Å². The van der Waals surface area contributed by atoms with Crippen LogP contribution in [0.5, 0.6) is 0 Å². The minimum Gasteiger partial charge on any atom is -0.480 e. The zero-order valence-electron chi connectivity index (χ0n) is 14.8. The maximum atomic E-state index is 12.2. The maximum Gasteiger partial charge on any atom is 0.326 e. The summed E-state index contributed by atoms with van der Waals surface area (Å²) in [6.07, 6.45) is 0.684. The molecule has 6 heteroatoms. The van der Waals surface area contributed by atoms with E-state index in [1.807, 2.05) is 27.7 Å². The first-order valence-electron chi connectivity index (χ1n) is 7.69. The van der Waals surface area contributed by atoms with Crippen molar-refractivity contribution < 1.29 is 19.5 Å². The third-order valence-corrected chi connectivity index (χ3v) is 3.88. The Morgan fingerprint density at radius 3 is 2.00 bits per heavy atom. The predicted molar refractivity (Wildman–Crippen MR) is 85.3 cm³/mol. The van der Waals surface area contributed by atoms with E-state index in [1.165, 1.54) is 11.9 Å². The van der Waals surface area contributed by atoms with Gasteiger partial charge in [-0.25, -0.2) is 4.79 Å². The fourth-order valence-electron chi connectivity index (χ4n) is 2.65. The monoisotopic (exact) mass is 314 g/mol. The van der Waals surface area contributed by atoms with E-state index in [2.05, 4.69) is 5.32 Å². The molecule has 0 unspecified atom stereocenters. The molecule has 0 aliphatic carbocycles. The van der Waals surface area contributed by atoms with Gasteiger partial charge < -0.3 is 15.3 Å². The fraction of sp³-hybridized carbons (Fsp3) is 0.812. The van der Waals surface area contributed by atoms with Crippen LogP contribution in [0.15, 0.2) is 0 Å². The molecule has 0 saturated heterocycles. The zero-order valence-corrected chi connectivity index (χ0v) is 14.8. The smallest absolute Gasteiger partial charge is 0.326 e. The third-order valence-electron chi connectivity index (χ3n) is 3.88.